The van der Waals surface area contributed by atoms with Gasteiger partial charge in [0.05, 0.1) is 0 Å². The zero-order valence-corrected chi connectivity index (χ0v) is 14.0. The maximum Gasteiger partial charge on any atom is 0.0216 e. The van der Waals surface area contributed by atoms with Crippen LogP contribution in [0.1, 0.15) is 26.3 Å². The van der Waals surface area contributed by atoms with Crippen molar-refractivity contribution >= 4 is 16.3 Å². The van der Waals surface area contributed by atoms with E-state index in [9.17, 15) is 0 Å². The summed E-state index contributed by atoms with van der Waals surface area (Å²) in [6, 6.07) is 15.3. The summed E-state index contributed by atoms with van der Waals surface area (Å²) in [7, 11) is 0. The smallest absolute Gasteiger partial charge is 0.0216 e. The lowest BCUT2D eigenvalue weighted by atomic mass is 9.83. The first-order valence-electron chi connectivity index (χ1n) is 8.45. The van der Waals surface area contributed by atoms with Gasteiger partial charge >= 0.3 is 0 Å². The highest BCUT2D eigenvalue weighted by molar-refractivity contribution is 5.99. The zero-order valence-electron chi connectivity index (χ0n) is 14.0. The van der Waals surface area contributed by atoms with Crippen molar-refractivity contribution < 1.29 is 0 Å². The minimum Gasteiger partial charge on any atom is -0.0702 e. The van der Waals surface area contributed by atoms with Crippen LogP contribution in [-0.4, -0.2) is 0 Å². The Bertz CT molecular complexity index is 895. The molecular weight excluding hydrogens is 276 g/mol. The fraction of sp³-hybridized carbons (Fsp3) is 0.217. The summed E-state index contributed by atoms with van der Waals surface area (Å²) in [5.74, 6) is 1.02. The van der Waals surface area contributed by atoms with Crippen molar-refractivity contribution in [1.29, 1.82) is 0 Å². The molecule has 0 heterocycles. The third-order valence-electron chi connectivity index (χ3n) is 4.93. The number of benzene rings is 2. The number of hydrogen-bond acceptors (Lipinski definition) is 0. The van der Waals surface area contributed by atoms with Crippen molar-refractivity contribution in [1.82, 2.24) is 0 Å². The molecule has 1 atom stereocenters. The van der Waals surface area contributed by atoms with E-state index in [4.69, 9.17) is 0 Å². The molecule has 2 aromatic carbocycles. The van der Waals surface area contributed by atoms with E-state index in [0.717, 1.165) is 0 Å². The van der Waals surface area contributed by atoms with Crippen molar-refractivity contribution in [2.24, 2.45) is 11.8 Å². The SMILES string of the molecule is CC1=CC2C=C(C(C)C)C=C2C(c2cccc3ccccc23)=C1. The monoisotopic (exact) mass is 298 g/mol. The average molecular weight is 298 g/mol. The van der Waals surface area contributed by atoms with E-state index in [-0.39, 0.29) is 0 Å². The molecule has 2 aliphatic rings. The Hall–Kier alpha value is -2.34. The van der Waals surface area contributed by atoms with Gasteiger partial charge in [-0.2, -0.15) is 0 Å². The fourth-order valence-electron chi connectivity index (χ4n) is 3.71. The Balaban J connectivity index is 1.91. The summed E-state index contributed by atoms with van der Waals surface area (Å²) in [6.07, 6.45) is 9.57. The lowest BCUT2D eigenvalue weighted by molar-refractivity contribution is 0.790. The highest BCUT2D eigenvalue weighted by atomic mass is 14.3. The highest BCUT2D eigenvalue weighted by Gasteiger charge is 2.25. The van der Waals surface area contributed by atoms with Crippen LogP contribution >= 0.6 is 0 Å². The number of rotatable bonds is 2. The summed E-state index contributed by atoms with van der Waals surface area (Å²) in [4.78, 5) is 0. The van der Waals surface area contributed by atoms with Gasteiger partial charge < -0.3 is 0 Å². The lowest BCUT2D eigenvalue weighted by Gasteiger charge is -2.21. The molecule has 0 saturated carbocycles. The summed E-state index contributed by atoms with van der Waals surface area (Å²) >= 11 is 0. The van der Waals surface area contributed by atoms with E-state index in [0.29, 0.717) is 11.8 Å². The van der Waals surface area contributed by atoms with E-state index < -0.39 is 0 Å². The van der Waals surface area contributed by atoms with Gasteiger partial charge in [0.2, 0.25) is 0 Å². The van der Waals surface area contributed by atoms with Gasteiger partial charge in [0.1, 0.15) is 0 Å². The van der Waals surface area contributed by atoms with E-state index in [1.807, 2.05) is 0 Å². The molecule has 0 heteroatoms. The van der Waals surface area contributed by atoms with Crippen LogP contribution in [-0.2, 0) is 0 Å². The van der Waals surface area contributed by atoms with Crippen molar-refractivity contribution in [2.45, 2.75) is 20.8 Å². The molecule has 1 unspecified atom stereocenters. The number of fused-ring (bicyclic) bond motifs is 2. The second-order valence-electron chi connectivity index (χ2n) is 6.94. The van der Waals surface area contributed by atoms with E-state index in [1.165, 1.54) is 38.6 Å². The molecule has 0 spiro atoms. The highest BCUT2D eigenvalue weighted by Crippen LogP contribution is 2.43. The van der Waals surface area contributed by atoms with Crippen LogP contribution in [0, 0.1) is 11.8 Å². The molecule has 0 fully saturated rings. The minimum atomic E-state index is 0.436. The summed E-state index contributed by atoms with van der Waals surface area (Å²) in [5.41, 5.74) is 7.01. The van der Waals surface area contributed by atoms with Gasteiger partial charge in [0.25, 0.3) is 0 Å². The zero-order chi connectivity index (χ0) is 16.0. The predicted octanol–water partition coefficient (Wildman–Crippen LogP) is 6.32. The maximum atomic E-state index is 2.43. The molecule has 0 saturated heterocycles. The Kier molecular flexibility index (Phi) is 3.34. The lowest BCUT2D eigenvalue weighted by Crippen LogP contribution is -2.04. The van der Waals surface area contributed by atoms with Crippen molar-refractivity contribution in [2.75, 3.05) is 0 Å². The van der Waals surface area contributed by atoms with Crippen LogP contribution in [0.15, 0.2) is 83.5 Å². The molecule has 0 nitrogen and oxygen atoms in total. The molecule has 0 aromatic heterocycles. The van der Waals surface area contributed by atoms with Crippen molar-refractivity contribution in [3.63, 3.8) is 0 Å². The quantitative estimate of drug-likeness (QED) is 0.608. The molecule has 23 heavy (non-hydrogen) atoms. The Labute approximate surface area is 138 Å². The summed E-state index contributed by atoms with van der Waals surface area (Å²) in [5, 5.41) is 2.65. The van der Waals surface area contributed by atoms with Crippen molar-refractivity contribution in [3.05, 3.63) is 89.1 Å². The molecule has 0 bridgehead atoms. The Morgan fingerprint density at radius 1 is 0.870 bits per heavy atom. The van der Waals surface area contributed by atoms with Crippen LogP contribution in [0.4, 0.5) is 0 Å². The predicted molar refractivity (Wildman–Crippen MR) is 100 cm³/mol. The van der Waals surface area contributed by atoms with Gasteiger partial charge in [-0.15, -0.1) is 0 Å². The van der Waals surface area contributed by atoms with Gasteiger partial charge in [-0.25, -0.2) is 0 Å². The molecule has 0 radical (unpaired) electrons. The van der Waals surface area contributed by atoms with Gasteiger partial charge in [-0.1, -0.05) is 86.2 Å². The first kappa shape index (κ1) is 14.3. The second kappa shape index (κ2) is 5.38. The molecule has 2 aliphatic carbocycles. The van der Waals surface area contributed by atoms with Crippen LogP contribution in [0.5, 0.6) is 0 Å². The molecule has 2 aromatic rings. The summed E-state index contributed by atoms with van der Waals surface area (Å²) < 4.78 is 0. The molecular formula is C23H22. The summed E-state index contributed by atoms with van der Waals surface area (Å²) in [6.45, 7) is 6.76. The molecule has 4 rings (SSSR count). The third-order valence-corrected chi connectivity index (χ3v) is 4.93. The van der Waals surface area contributed by atoms with E-state index in [2.05, 4.69) is 87.5 Å². The van der Waals surface area contributed by atoms with Gasteiger partial charge in [-0.3, -0.25) is 0 Å². The van der Waals surface area contributed by atoms with E-state index in [1.54, 1.807) is 0 Å². The largest absolute Gasteiger partial charge is 0.0702 e. The maximum absolute atomic E-state index is 2.43. The normalized spacial score (nSPS) is 20.1. The molecule has 114 valence electrons. The van der Waals surface area contributed by atoms with Crippen LogP contribution < -0.4 is 0 Å². The Morgan fingerprint density at radius 3 is 2.48 bits per heavy atom. The van der Waals surface area contributed by atoms with E-state index >= 15 is 0 Å². The molecule has 0 N–H and O–H groups in total. The third kappa shape index (κ3) is 2.39. The van der Waals surface area contributed by atoms with Gasteiger partial charge in [0, 0.05) is 5.92 Å². The Morgan fingerprint density at radius 2 is 1.65 bits per heavy atom. The molecule has 0 amide bonds. The van der Waals surface area contributed by atoms with Gasteiger partial charge in [-0.05, 0) is 45.9 Å². The second-order valence-corrected chi connectivity index (χ2v) is 6.94. The topological polar surface area (TPSA) is 0 Å². The first-order chi connectivity index (χ1) is 11.1. The molecule has 0 aliphatic heterocycles. The van der Waals surface area contributed by atoms with Gasteiger partial charge in [0.15, 0.2) is 0 Å². The average Bonchev–Trinajstić information content (AvgIpc) is 2.97. The van der Waals surface area contributed by atoms with Crippen LogP contribution in [0.25, 0.3) is 16.3 Å². The number of allylic oxidation sites excluding steroid dienone is 8. The van der Waals surface area contributed by atoms with Crippen molar-refractivity contribution in [3.8, 4) is 0 Å². The standard InChI is InChI=1S/C23H22/c1-15(2)18-13-19-11-16(3)12-23(22(19)14-18)21-10-6-8-17-7-4-5-9-20(17)21/h4-15,19H,1-3H3. The first-order valence-corrected chi connectivity index (χ1v) is 8.45. The van der Waals surface area contributed by atoms with Crippen LogP contribution in [0.2, 0.25) is 0 Å². The fourth-order valence-corrected chi connectivity index (χ4v) is 3.71. The van der Waals surface area contributed by atoms with Crippen LogP contribution in [0.3, 0.4) is 0 Å². The minimum absolute atomic E-state index is 0.436. The number of hydrogen-bond donors (Lipinski definition) is 0.